The second kappa shape index (κ2) is 7.00. The molecule has 2 aromatic carbocycles. The first-order valence-electron chi connectivity index (χ1n) is 8.63. The Kier molecular flexibility index (Phi) is 4.55. The van der Waals surface area contributed by atoms with Gasteiger partial charge in [0, 0.05) is 12.0 Å². The molecule has 3 aromatic rings. The summed E-state index contributed by atoms with van der Waals surface area (Å²) in [5, 5.41) is 0.996. The molecule has 0 bridgehead atoms. The summed E-state index contributed by atoms with van der Waals surface area (Å²) >= 11 is 1.73. The van der Waals surface area contributed by atoms with Gasteiger partial charge in [-0.25, -0.2) is 4.98 Å². The SMILES string of the molecule is CCSc1nc(-c2ccc(OC)cc2)nc2c1Cc1cc(C)ccc1O2. The molecule has 0 saturated heterocycles. The zero-order valence-electron chi connectivity index (χ0n) is 15.1. The number of rotatable bonds is 4. The topological polar surface area (TPSA) is 44.2 Å². The highest BCUT2D eigenvalue weighted by molar-refractivity contribution is 7.99. The van der Waals surface area contributed by atoms with Crippen LogP contribution in [0.1, 0.15) is 23.6 Å². The van der Waals surface area contributed by atoms with Crippen LogP contribution in [0.4, 0.5) is 0 Å². The molecule has 4 nitrogen and oxygen atoms in total. The summed E-state index contributed by atoms with van der Waals surface area (Å²) in [5.74, 6) is 3.99. The van der Waals surface area contributed by atoms with Crippen LogP contribution in [0.2, 0.25) is 0 Å². The maximum absolute atomic E-state index is 6.14. The summed E-state index contributed by atoms with van der Waals surface area (Å²) in [7, 11) is 1.66. The molecule has 0 radical (unpaired) electrons. The van der Waals surface area contributed by atoms with Crippen LogP contribution in [0.25, 0.3) is 11.4 Å². The number of aromatic nitrogens is 2. The third-order valence-corrected chi connectivity index (χ3v) is 5.25. The maximum atomic E-state index is 6.14. The molecule has 0 N–H and O–H groups in total. The zero-order chi connectivity index (χ0) is 18.1. The summed E-state index contributed by atoms with van der Waals surface area (Å²) in [4.78, 5) is 9.54. The Morgan fingerprint density at radius 3 is 2.65 bits per heavy atom. The number of nitrogens with zero attached hydrogens (tertiary/aromatic N) is 2. The van der Waals surface area contributed by atoms with E-state index in [1.54, 1.807) is 18.9 Å². The van der Waals surface area contributed by atoms with E-state index >= 15 is 0 Å². The minimum absolute atomic E-state index is 0.665. The van der Waals surface area contributed by atoms with Crippen LogP contribution in [0.15, 0.2) is 47.5 Å². The van der Waals surface area contributed by atoms with E-state index in [-0.39, 0.29) is 0 Å². The van der Waals surface area contributed by atoms with Crippen LogP contribution in [-0.2, 0) is 6.42 Å². The van der Waals surface area contributed by atoms with Crippen molar-refractivity contribution in [3.8, 4) is 28.8 Å². The highest BCUT2D eigenvalue weighted by Gasteiger charge is 2.24. The van der Waals surface area contributed by atoms with Crippen molar-refractivity contribution in [2.24, 2.45) is 0 Å². The van der Waals surface area contributed by atoms with E-state index in [0.29, 0.717) is 11.7 Å². The van der Waals surface area contributed by atoms with Gasteiger partial charge in [-0.05, 0) is 48.6 Å². The fourth-order valence-corrected chi connectivity index (χ4v) is 3.80. The van der Waals surface area contributed by atoms with Gasteiger partial charge in [0.2, 0.25) is 5.88 Å². The lowest BCUT2D eigenvalue weighted by Crippen LogP contribution is -2.09. The van der Waals surface area contributed by atoms with Gasteiger partial charge in [0.05, 0.1) is 12.7 Å². The largest absolute Gasteiger partial charge is 0.497 e. The molecular weight excluding hydrogens is 344 g/mol. The lowest BCUT2D eigenvalue weighted by Gasteiger charge is -2.22. The quantitative estimate of drug-likeness (QED) is 0.365. The molecule has 1 aromatic heterocycles. The van der Waals surface area contributed by atoms with Crippen molar-refractivity contribution < 1.29 is 9.47 Å². The second-order valence-corrected chi connectivity index (χ2v) is 7.44. The molecular formula is C21H20N2O2S. The monoisotopic (exact) mass is 364 g/mol. The molecule has 26 heavy (non-hydrogen) atoms. The van der Waals surface area contributed by atoms with Crippen LogP contribution in [0.3, 0.4) is 0 Å². The molecule has 132 valence electrons. The molecule has 2 heterocycles. The number of fused-ring (bicyclic) bond motifs is 2. The lowest BCUT2D eigenvalue weighted by atomic mass is 10.0. The molecule has 4 rings (SSSR count). The average molecular weight is 364 g/mol. The zero-order valence-corrected chi connectivity index (χ0v) is 15.9. The number of ether oxygens (including phenoxy) is 2. The Bertz CT molecular complexity index is 955. The van der Waals surface area contributed by atoms with Gasteiger partial charge in [-0.1, -0.05) is 24.6 Å². The molecule has 1 aliphatic heterocycles. The van der Waals surface area contributed by atoms with Gasteiger partial charge in [-0.2, -0.15) is 4.98 Å². The van der Waals surface area contributed by atoms with E-state index in [1.807, 2.05) is 30.3 Å². The first-order chi connectivity index (χ1) is 12.7. The molecule has 0 spiro atoms. The van der Waals surface area contributed by atoms with Crippen molar-refractivity contribution in [3.05, 3.63) is 59.2 Å². The highest BCUT2D eigenvalue weighted by Crippen LogP contribution is 2.40. The van der Waals surface area contributed by atoms with Crippen LogP contribution in [-0.4, -0.2) is 22.8 Å². The van der Waals surface area contributed by atoms with Gasteiger partial charge in [-0.15, -0.1) is 11.8 Å². The van der Waals surface area contributed by atoms with Crippen molar-refractivity contribution in [1.82, 2.24) is 9.97 Å². The first-order valence-corrected chi connectivity index (χ1v) is 9.62. The molecule has 0 atom stereocenters. The van der Waals surface area contributed by atoms with Crippen molar-refractivity contribution in [2.75, 3.05) is 12.9 Å². The Morgan fingerprint density at radius 1 is 1.12 bits per heavy atom. The van der Waals surface area contributed by atoms with Gasteiger partial charge in [0.25, 0.3) is 0 Å². The predicted molar refractivity (Wildman–Crippen MR) is 104 cm³/mol. The number of methoxy groups -OCH3 is 1. The smallest absolute Gasteiger partial charge is 0.227 e. The number of benzene rings is 2. The Morgan fingerprint density at radius 2 is 1.92 bits per heavy atom. The third kappa shape index (κ3) is 3.15. The summed E-state index contributed by atoms with van der Waals surface area (Å²) < 4.78 is 11.4. The third-order valence-electron chi connectivity index (χ3n) is 4.35. The Balaban J connectivity index is 1.79. The molecule has 5 heteroatoms. The minimum atomic E-state index is 0.665. The Labute approximate surface area is 157 Å². The molecule has 0 fully saturated rings. The number of aryl methyl sites for hydroxylation is 1. The van der Waals surface area contributed by atoms with E-state index in [1.165, 1.54) is 11.1 Å². The summed E-state index contributed by atoms with van der Waals surface area (Å²) in [6, 6.07) is 14.1. The maximum Gasteiger partial charge on any atom is 0.227 e. The van der Waals surface area contributed by atoms with Gasteiger partial charge < -0.3 is 9.47 Å². The number of hydrogen-bond donors (Lipinski definition) is 0. The molecule has 1 aliphatic rings. The summed E-state index contributed by atoms with van der Waals surface area (Å²) in [5.41, 5.74) is 4.45. The lowest BCUT2D eigenvalue weighted by molar-refractivity contribution is 0.415. The van der Waals surface area contributed by atoms with E-state index < -0.39 is 0 Å². The fraction of sp³-hybridized carbons (Fsp3) is 0.238. The van der Waals surface area contributed by atoms with Crippen molar-refractivity contribution in [1.29, 1.82) is 0 Å². The fourth-order valence-electron chi connectivity index (χ4n) is 3.05. The van der Waals surface area contributed by atoms with Crippen LogP contribution in [0.5, 0.6) is 17.4 Å². The van der Waals surface area contributed by atoms with Gasteiger partial charge in [-0.3, -0.25) is 0 Å². The van der Waals surface area contributed by atoms with Crippen molar-refractivity contribution in [3.63, 3.8) is 0 Å². The normalized spacial score (nSPS) is 12.1. The van der Waals surface area contributed by atoms with E-state index in [0.717, 1.165) is 39.8 Å². The van der Waals surface area contributed by atoms with E-state index in [9.17, 15) is 0 Å². The minimum Gasteiger partial charge on any atom is -0.497 e. The molecule has 0 saturated carbocycles. The van der Waals surface area contributed by atoms with Gasteiger partial charge in [0.1, 0.15) is 16.5 Å². The van der Waals surface area contributed by atoms with Crippen LogP contribution in [0, 0.1) is 6.92 Å². The van der Waals surface area contributed by atoms with Crippen molar-refractivity contribution >= 4 is 11.8 Å². The second-order valence-electron chi connectivity index (χ2n) is 6.19. The highest BCUT2D eigenvalue weighted by atomic mass is 32.2. The number of thioether (sulfide) groups is 1. The van der Waals surface area contributed by atoms with Gasteiger partial charge in [0.15, 0.2) is 5.82 Å². The standard InChI is InChI=1S/C21H20N2O2S/c1-4-26-21-17-12-15-11-13(2)5-10-18(15)25-20(17)22-19(23-21)14-6-8-16(24-3)9-7-14/h5-11H,4,12H2,1-3H3. The van der Waals surface area contributed by atoms with E-state index in [4.69, 9.17) is 19.4 Å². The molecule has 0 amide bonds. The number of hydrogen-bond acceptors (Lipinski definition) is 5. The molecule has 0 unspecified atom stereocenters. The van der Waals surface area contributed by atoms with Crippen LogP contribution >= 0.6 is 11.8 Å². The Hall–Kier alpha value is -2.53. The van der Waals surface area contributed by atoms with Crippen molar-refractivity contribution in [2.45, 2.75) is 25.3 Å². The van der Waals surface area contributed by atoms with Gasteiger partial charge >= 0.3 is 0 Å². The van der Waals surface area contributed by atoms with Crippen LogP contribution < -0.4 is 9.47 Å². The van der Waals surface area contributed by atoms with E-state index in [2.05, 4.69) is 26.0 Å². The predicted octanol–water partition coefficient (Wildman–Crippen LogP) is 5.27. The summed E-state index contributed by atoms with van der Waals surface area (Å²) in [6.07, 6.45) is 0.803. The molecule has 0 aliphatic carbocycles. The average Bonchev–Trinajstić information content (AvgIpc) is 2.67. The summed E-state index contributed by atoms with van der Waals surface area (Å²) in [6.45, 7) is 4.23. The first kappa shape index (κ1) is 16.9.